The van der Waals surface area contributed by atoms with Crippen molar-refractivity contribution in [2.75, 3.05) is 13.1 Å². The van der Waals surface area contributed by atoms with Crippen LogP contribution in [0.4, 0.5) is 4.39 Å². The van der Waals surface area contributed by atoms with Crippen molar-refractivity contribution in [3.05, 3.63) is 34.6 Å². The minimum Gasteiger partial charge on any atom is -0.481 e. The maximum Gasteiger partial charge on any atom is 0.305 e. The Morgan fingerprint density at radius 3 is 2.63 bits per heavy atom. The van der Waals surface area contributed by atoms with Crippen molar-refractivity contribution in [2.45, 2.75) is 31.7 Å². The lowest BCUT2D eigenvalue weighted by atomic mass is 9.86. The molecule has 0 aromatic heterocycles. The molecule has 1 heterocycles. The summed E-state index contributed by atoms with van der Waals surface area (Å²) < 4.78 is 13.2. The molecule has 1 aromatic rings. The van der Waals surface area contributed by atoms with E-state index in [2.05, 4.69) is 4.90 Å². The minimum atomic E-state index is -0.880. The maximum atomic E-state index is 13.2. The molecule has 1 aliphatic rings. The predicted octanol–water partition coefficient (Wildman–Crippen LogP) is 3.26. The number of carboxylic acid groups (broad SMARTS) is 1. The van der Waals surface area contributed by atoms with Crippen LogP contribution in [0.2, 0.25) is 5.02 Å². The Bertz CT molecular complexity index is 488. The Labute approximate surface area is 117 Å². The molecule has 1 unspecified atom stereocenters. The summed E-state index contributed by atoms with van der Waals surface area (Å²) in [6.45, 7) is 3.56. The van der Waals surface area contributed by atoms with Gasteiger partial charge in [0.2, 0.25) is 0 Å². The van der Waals surface area contributed by atoms with Crippen molar-refractivity contribution in [1.29, 1.82) is 0 Å². The summed E-state index contributed by atoms with van der Waals surface area (Å²) >= 11 is 6.12. The van der Waals surface area contributed by atoms with Crippen molar-refractivity contribution in [1.82, 2.24) is 4.90 Å². The van der Waals surface area contributed by atoms with E-state index in [1.54, 1.807) is 6.07 Å². The normalized spacial score (nSPS) is 19.3. The standard InChI is InChI=1S/C14H17ClFNO2/c1-14(9-13(18)19,17-6-2-3-7-17)11-5-4-10(16)8-12(11)15/h4-5,8H,2-3,6-7,9H2,1H3,(H,18,19). The molecule has 1 aromatic carbocycles. The molecule has 1 aliphatic heterocycles. The molecule has 0 amide bonds. The fraction of sp³-hybridized carbons (Fsp3) is 0.500. The number of hydrogen-bond donors (Lipinski definition) is 1. The molecule has 0 aliphatic carbocycles. The molecule has 0 radical (unpaired) electrons. The van der Waals surface area contributed by atoms with E-state index in [-0.39, 0.29) is 11.4 Å². The molecule has 5 heteroatoms. The third kappa shape index (κ3) is 2.90. The van der Waals surface area contributed by atoms with Gasteiger partial charge in [0.05, 0.1) is 12.0 Å². The van der Waals surface area contributed by atoms with E-state index in [1.165, 1.54) is 12.1 Å². The monoisotopic (exact) mass is 285 g/mol. The Balaban J connectivity index is 2.43. The molecular formula is C14H17ClFNO2. The van der Waals surface area contributed by atoms with Gasteiger partial charge in [0, 0.05) is 5.02 Å². The first-order valence-electron chi connectivity index (χ1n) is 6.36. The zero-order chi connectivity index (χ0) is 14.0. The summed E-state index contributed by atoms with van der Waals surface area (Å²) in [5.41, 5.74) is -0.00695. The zero-order valence-electron chi connectivity index (χ0n) is 10.8. The smallest absolute Gasteiger partial charge is 0.305 e. The maximum absolute atomic E-state index is 13.2. The number of carbonyl (C=O) groups is 1. The SMILES string of the molecule is CC(CC(=O)O)(c1ccc(F)cc1Cl)N1CCCC1. The Hall–Kier alpha value is -1.13. The second kappa shape index (κ2) is 5.47. The van der Waals surface area contributed by atoms with E-state index >= 15 is 0 Å². The molecule has 0 spiro atoms. The summed E-state index contributed by atoms with van der Waals surface area (Å²) in [7, 11) is 0. The van der Waals surface area contributed by atoms with Gasteiger partial charge in [-0.1, -0.05) is 17.7 Å². The van der Waals surface area contributed by atoms with Crippen LogP contribution >= 0.6 is 11.6 Å². The molecule has 1 saturated heterocycles. The van der Waals surface area contributed by atoms with Gasteiger partial charge in [0.25, 0.3) is 0 Å². The Morgan fingerprint density at radius 2 is 2.11 bits per heavy atom. The summed E-state index contributed by atoms with van der Waals surface area (Å²) in [6, 6.07) is 4.17. The number of halogens is 2. The van der Waals surface area contributed by atoms with E-state index in [0.717, 1.165) is 25.9 Å². The molecule has 1 N–H and O–H groups in total. The lowest BCUT2D eigenvalue weighted by molar-refractivity contribution is -0.140. The van der Waals surface area contributed by atoms with Gasteiger partial charge in [0.1, 0.15) is 5.82 Å². The van der Waals surface area contributed by atoms with E-state index in [4.69, 9.17) is 11.6 Å². The molecule has 0 bridgehead atoms. The van der Waals surface area contributed by atoms with Crippen LogP contribution in [-0.4, -0.2) is 29.1 Å². The van der Waals surface area contributed by atoms with Gasteiger partial charge in [-0.2, -0.15) is 0 Å². The Morgan fingerprint density at radius 1 is 1.47 bits per heavy atom. The number of likely N-dealkylation sites (tertiary alicyclic amines) is 1. The molecule has 3 nitrogen and oxygen atoms in total. The van der Waals surface area contributed by atoms with Gasteiger partial charge in [0.15, 0.2) is 0 Å². The fourth-order valence-electron chi connectivity index (χ4n) is 2.81. The molecule has 104 valence electrons. The summed E-state index contributed by atoms with van der Waals surface area (Å²) in [4.78, 5) is 13.3. The summed E-state index contributed by atoms with van der Waals surface area (Å²) in [5, 5.41) is 9.46. The first-order chi connectivity index (χ1) is 8.93. The van der Waals surface area contributed by atoms with Gasteiger partial charge in [-0.05, 0) is 50.6 Å². The van der Waals surface area contributed by atoms with Crippen LogP contribution in [0.1, 0.15) is 31.7 Å². The lowest BCUT2D eigenvalue weighted by Gasteiger charge is -2.38. The number of carboxylic acids is 1. The minimum absolute atomic E-state index is 0.0433. The highest BCUT2D eigenvalue weighted by Crippen LogP contribution is 2.38. The highest BCUT2D eigenvalue weighted by atomic mass is 35.5. The first kappa shape index (κ1) is 14.3. The van der Waals surface area contributed by atoms with Crippen LogP contribution in [0.3, 0.4) is 0 Å². The molecule has 19 heavy (non-hydrogen) atoms. The molecular weight excluding hydrogens is 269 g/mol. The highest BCUT2D eigenvalue weighted by molar-refractivity contribution is 6.31. The van der Waals surface area contributed by atoms with Crippen LogP contribution in [0.25, 0.3) is 0 Å². The second-order valence-corrected chi connectivity index (χ2v) is 5.57. The quantitative estimate of drug-likeness (QED) is 0.923. The summed E-state index contributed by atoms with van der Waals surface area (Å²) in [5.74, 6) is -1.29. The number of hydrogen-bond acceptors (Lipinski definition) is 2. The average Bonchev–Trinajstić information content (AvgIpc) is 2.81. The zero-order valence-corrected chi connectivity index (χ0v) is 11.6. The number of benzene rings is 1. The van der Waals surface area contributed by atoms with Crippen molar-refractivity contribution >= 4 is 17.6 Å². The topological polar surface area (TPSA) is 40.5 Å². The number of nitrogens with zero attached hydrogens (tertiary/aromatic N) is 1. The first-order valence-corrected chi connectivity index (χ1v) is 6.73. The predicted molar refractivity (Wildman–Crippen MR) is 71.8 cm³/mol. The third-order valence-corrected chi connectivity index (χ3v) is 4.12. The number of aliphatic carboxylic acids is 1. The average molecular weight is 286 g/mol. The Kier molecular flexibility index (Phi) is 4.11. The van der Waals surface area contributed by atoms with E-state index < -0.39 is 17.3 Å². The summed E-state index contributed by atoms with van der Waals surface area (Å²) in [6.07, 6.45) is 2.06. The lowest BCUT2D eigenvalue weighted by Crippen LogP contribution is -2.44. The van der Waals surface area contributed by atoms with Crippen LogP contribution in [0, 0.1) is 5.82 Å². The van der Waals surface area contributed by atoms with Crippen LogP contribution in [-0.2, 0) is 10.3 Å². The third-order valence-electron chi connectivity index (χ3n) is 3.81. The van der Waals surface area contributed by atoms with Crippen LogP contribution in [0.15, 0.2) is 18.2 Å². The molecule has 1 fully saturated rings. The largest absolute Gasteiger partial charge is 0.481 e. The number of rotatable bonds is 4. The fourth-order valence-corrected chi connectivity index (χ4v) is 3.18. The van der Waals surface area contributed by atoms with Gasteiger partial charge in [-0.3, -0.25) is 9.69 Å². The van der Waals surface area contributed by atoms with Gasteiger partial charge in [-0.25, -0.2) is 4.39 Å². The van der Waals surface area contributed by atoms with Crippen LogP contribution in [0.5, 0.6) is 0 Å². The van der Waals surface area contributed by atoms with Crippen molar-refractivity contribution in [2.24, 2.45) is 0 Å². The van der Waals surface area contributed by atoms with Gasteiger partial charge < -0.3 is 5.11 Å². The molecule has 0 saturated carbocycles. The van der Waals surface area contributed by atoms with E-state index in [1.807, 2.05) is 6.92 Å². The van der Waals surface area contributed by atoms with E-state index in [0.29, 0.717) is 5.56 Å². The van der Waals surface area contributed by atoms with Crippen molar-refractivity contribution < 1.29 is 14.3 Å². The highest BCUT2D eigenvalue weighted by Gasteiger charge is 2.38. The van der Waals surface area contributed by atoms with Crippen molar-refractivity contribution in [3.63, 3.8) is 0 Å². The molecule has 2 rings (SSSR count). The van der Waals surface area contributed by atoms with Crippen LogP contribution < -0.4 is 0 Å². The molecule has 1 atom stereocenters. The van der Waals surface area contributed by atoms with Gasteiger partial charge >= 0.3 is 5.97 Å². The van der Waals surface area contributed by atoms with Gasteiger partial charge in [-0.15, -0.1) is 0 Å². The van der Waals surface area contributed by atoms with E-state index in [9.17, 15) is 14.3 Å². The second-order valence-electron chi connectivity index (χ2n) is 5.16. The van der Waals surface area contributed by atoms with Crippen molar-refractivity contribution in [3.8, 4) is 0 Å².